The predicted molar refractivity (Wildman–Crippen MR) is 235 cm³/mol. The van der Waals surface area contributed by atoms with Crippen molar-refractivity contribution in [3.05, 3.63) is 166 Å². The second-order valence-electron chi connectivity index (χ2n) is 17.2. The molecule has 56 heavy (non-hydrogen) atoms. The van der Waals surface area contributed by atoms with Gasteiger partial charge in [0.15, 0.2) is 0 Å². The van der Waals surface area contributed by atoms with Crippen LogP contribution in [0.3, 0.4) is 0 Å². The Morgan fingerprint density at radius 1 is 0.732 bits per heavy atom. The highest BCUT2D eigenvalue weighted by Gasteiger charge is 2.62. The Hall–Kier alpha value is -4.81. The van der Waals surface area contributed by atoms with Gasteiger partial charge in [0.2, 0.25) is 23.3 Å². The molecule has 0 radical (unpaired) electrons. The highest BCUT2D eigenvalue weighted by Crippen LogP contribution is 2.58. The van der Waals surface area contributed by atoms with Gasteiger partial charge >= 0.3 is 0 Å². The zero-order valence-corrected chi connectivity index (χ0v) is 34.7. The predicted octanol–water partition coefficient (Wildman–Crippen LogP) is 11.5. The van der Waals surface area contributed by atoms with E-state index >= 15 is 0 Å². The first-order valence-electron chi connectivity index (χ1n) is 20.5. The number of para-hydroxylation sites is 2. The standard InChI is InChI=1S/C51H59N3O2/c1-36-20-26-44-42(34-36)50(3,4)46(52(44)31-15-33-55-7)28-24-38-22-23-39(49(38)53(40-16-11-9-12-17-40)41-18-13-10-14-19-41)25-29-47-51(5,6)43-35-37(2)21-27-45(43)54(47)32-30-48(54)56-8/h9-14,16-21,24-29,34-35,48H,15,22-23,30-33H2,1-8H3/q+2/b39-25+,47-29+. The third-order valence-electron chi connectivity index (χ3n) is 13.0. The van der Waals surface area contributed by atoms with E-state index in [1.54, 1.807) is 7.11 Å². The lowest BCUT2D eigenvalue weighted by molar-refractivity contribution is -0.0744. The average molecular weight is 746 g/mol. The lowest BCUT2D eigenvalue weighted by Crippen LogP contribution is -2.66. The summed E-state index contributed by atoms with van der Waals surface area (Å²) in [4.78, 5) is 2.54. The number of hydrogen-bond donors (Lipinski definition) is 0. The minimum absolute atomic E-state index is 0.122. The normalized spacial score (nSPS) is 24.8. The summed E-state index contributed by atoms with van der Waals surface area (Å²) in [6.07, 6.45) is 13.9. The lowest BCUT2D eigenvalue weighted by atomic mass is 9.82. The van der Waals surface area contributed by atoms with Gasteiger partial charge in [-0.05, 0) is 82.9 Å². The number of ether oxygens (including phenoxy) is 2. The van der Waals surface area contributed by atoms with Crippen LogP contribution < -0.4 is 14.0 Å². The fourth-order valence-corrected chi connectivity index (χ4v) is 10.1. The van der Waals surface area contributed by atoms with Crippen LogP contribution >= 0.6 is 0 Å². The molecule has 1 aliphatic carbocycles. The zero-order chi connectivity index (χ0) is 39.2. The molecule has 4 aromatic carbocycles. The van der Waals surface area contributed by atoms with E-state index in [-0.39, 0.29) is 17.1 Å². The Bertz CT molecular complexity index is 2250. The van der Waals surface area contributed by atoms with Gasteiger partial charge in [0.05, 0.1) is 18.4 Å². The van der Waals surface area contributed by atoms with E-state index in [9.17, 15) is 0 Å². The SMILES string of the molecule is COCCCN1/C(=C/C=C2\CC/C(=C\C=C3/C(C)(C)c4cc(C)ccc4[N+]34CCC4OC)C2=[N+](c2ccccc2)c2ccccc2)C(C)(C)c2cc(C)ccc21. The lowest BCUT2D eigenvalue weighted by Gasteiger charge is -2.49. The summed E-state index contributed by atoms with van der Waals surface area (Å²) in [6.45, 7) is 16.7. The molecule has 0 bridgehead atoms. The highest BCUT2D eigenvalue weighted by molar-refractivity contribution is 6.17. The van der Waals surface area contributed by atoms with Crippen molar-refractivity contribution in [2.75, 3.05) is 38.8 Å². The Balaban J connectivity index is 1.32. The van der Waals surface area contributed by atoms with Crippen LogP contribution in [0.5, 0.6) is 0 Å². The van der Waals surface area contributed by atoms with E-state index in [4.69, 9.17) is 9.47 Å². The molecule has 0 amide bonds. The molecule has 2 atom stereocenters. The monoisotopic (exact) mass is 745 g/mol. The Kier molecular flexibility index (Phi) is 10.2. The number of anilines is 1. The number of hydrogen-bond acceptors (Lipinski definition) is 3. The summed E-state index contributed by atoms with van der Waals surface area (Å²) in [5.41, 5.74) is 16.9. The summed E-state index contributed by atoms with van der Waals surface area (Å²) >= 11 is 0. The molecule has 2 unspecified atom stereocenters. The van der Waals surface area contributed by atoms with E-state index in [0.29, 0.717) is 0 Å². The van der Waals surface area contributed by atoms with Gasteiger partial charge in [-0.15, -0.1) is 0 Å². The molecular weight excluding hydrogens is 687 g/mol. The largest absolute Gasteiger partial charge is 0.385 e. The number of allylic oxidation sites excluding steroid dienone is 8. The topological polar surface area (TPSA) is 24.7 Å². The molecule has 1 spiro atoms. The fraction of sp³-hybridized carbons (Fsp3) is 0.353. The van der Waals surface area contributed by atoms with Crippen LogP contribution in [-0.4, -0.2) is 45.9 Å². The minimum atomic E-state index is -0.139. The maximum absolute atomic E-state index is 6.24. The van der Waals surface area contributed by atoms with Gasteiger partial charge in [-0.25, -0.2) is 4.48 Å². The second kappa shape index (κ2) is 14.9. The summed E-state index contributed by atoms with van der Waals surface area (Å²) in [7, 11) is 3.68. The van der Waals surface area contributed by atoms with Crippen LogP contribution in [0.2, 0.25) is 0 Å². The van der Waals surface area contributed by atoms with Crippen LogP contribution in [0, 0.1) is 13.8 Å². The van der Waals surface area contributed by atoms with Crippen molar-refractivity contribution >= 4 is 28.5 Å². The van der Waals surface area contributed by atoms with Crippen molar-refractivity contribution in [2.45, 2.75) is 84.3 Å². The first-order valence-corrected chi connectivity index (χ1v) is 20.5. The molecule has 4 aliphatic rings. The molecule has 2 fully saturated rings. The van der Waals surface area contributed by atoms with Crippen molar-refractivity contribution < 1.29 is 9.47 Å². The molecule has 5 nitrogen and oxygen atoms in total. The summed E-state index contributed by atoms with van der Waals surface area (Å²) in [5, 5.41) is 0. The van der Waals surface area contributed by atoms with E-state index in [1.807, 2.05) is 7.11 Å². The van der Waals surface area contributed by atoms with Crippen LogP contribution in [0.25, 0.3) is 0 Å². The molecule has 3 aliphatic heterocycles. The van der Waals surface area contributed by atoms with Gasteiger partial charge in [-0.3, -0.25) is 0 Å². The molecule has 8 rings (SSSR count). The number of rotatable bonds is 9. The maximum atomic E-state index is 6.24. The number of methoxy groups -OCH3 is 2. The minimum Gasteiger partial charge on any atom is -0.385 e. The van der Waals surface area contributed by atoms with Crippen molar-refractivity contribution in [1.82, 2.24) is 9.06 Å². The van der Waals surface area contributed by atoms with E-state index < -0.39 is 0 Å². The molecule has 0 N–H and O–H groups in total. The second-order valence-corrected chi connectivity index (χ2v) is 17.2. The molecule has 3 heterocycles. The molecule has 1 saturated carbocycles. The fourth-order valence-electron chi connectivity index (χ4n) is 10.1. The molecule has 1 saturated heterocycles. The smallest absolute Gasteiger partial charge is 0.218 e. The highest BCUT2D eigenvalue weighted by atomic mass is 16.5. The van der Waals surface area contributed by atoms with E-state index in [2.05, 4.69) is 172 Å². The number of fused-ring (bicyclic) bond motifs is 3. The van der Waals surface area contributed by atoms with E-state index in [1.165, 1.54) is 61.9 Å². The number of nitrogens with zero attached hydrogens (tertiary/aromatic N) is 3. The van der Waals surface area contributed by atoms with Gasteiger partial charge in [0, 0.05) is 91.2 Å². The summed E-state index contributed by atoms with van der Waals surface area (Å²) < 4.78 is 15.0. The Labute approximate surface area is 335 Å². The van der Waals surface area contributed by atoms with E-state index in [0.717, 1.165) is 61.2 Å². The van der Waals surface area contributed by atoms with Gasteiger partial charge in [0.1, 0.15) is 11.4 Å². The quantitative estimate of drug-likeness (QED) is 0.0969. The number of quaternary nitrogens is 1. The van der Waals surface area contributed by atoms with Crippen LogP contribution in [-0.2, 0) is 20.3 Å². The average Bonchev–Trinajstić information content (AvgIpc) is 3.74. The van der Waals surface area contributed by atoms with Gasteiger partial charge < -0.3 is 14.4 Å². The molecular formula is C51H59N3O2+2. The molecule has 288 valence electrons. The number of benzene rings is 4. The maximum Gasteiger partial charge on any atom is 0.218 e. The number of aryl methyl sites for hydroxylation is 2. The molecule has 5 heteroatoms. The van der Waals surface area contributed by atoms with Gasteiger partial charge in [0.25, 0.3) is 0 Å². The van der Waals surface area contributed by atoms with Crippen LogP contribution in [0.4, 0.5) is 22.7 Å². The van der Waals surface area contributed by atoms with Crippen molar-refractivity contribution in [3.8, 4) is 0 Å². The summed E-state index contributed by atoms with van der Waals surface area (Å²) in [6, 6.07) is 35.8. The van der Waals surface area contributed by atoms with Gasteiger partial charge in [-0.1, -0.05) is 85.6 Å². The van der Waals surface area contributed by atoms with Crippen molar-refractivity contribution in [3.63, 3.8) is 0 Å². The van der Waals surface area contributed by atoms with Crippen LogP contribution in [0.1, 0.15) is 75.6 Å². The first-order chi connectivity index (χ1) is 27.0. The summed E-state index contributed by atoms with van der Waals surface area (Å²) in [5.74, 6) is 0. The third-order valence-corrected chi connectivity index (χ3v) is 13.0. The Morgan fingerprint density at radius 3 is 1.93 bits per heavy atom. The van der Waals surface area contributed by atoms with Crippen molar-refractivity contribution in [1.29, 1.82) is 0 Å². The third kappa shape index (κ3) is 6.25. The Morgan fingerprint density at radius 2 is 1.34 bits per heavy atom. The van der Waals surface area contributed by atoms with Crippen molar-refractivity contribution in [2.24, 2.45) is 0 Å². The molecule has 0 aromatic heterocycles. The van der Waals surface area contributed by atoms with Gasteiger partial charge in [-0.2, -0.15) is 4.58 Å². The first kappa shape index (κ1) is 38.1. The molecule has 4 aromatic rings. The zero-order valence-electron chi connectivity index (χ0n) is 34.7. The van der Waals surface area contributed by atoms with Crippen LogP contribution in [0.15, 0.2) is 144 Å².